The van der Waals surface area contributed by atoms with Crippen molar-refractivity contribution in [2.75, 3.05) is 0 Å². The maximum Gasteiger partial charge on any atom is 0.213 e. The monoisotopic (exact) mass is 744 g/mol. The average molecular weight is 745 g/mol. The number of pyridine rings is 3. The van der Waals surface area contributed by atoms with Gasteiger partial charge in [0.15, 0.2) is 0 Å². The third-order valence-electron chi connectivity index (χ3n) is 11.2. The van der Waals surface area contributed by atoms with Crippen LogP contribution < -0.4 is 0 Å². The first-order valence-electron chi connectivity index (χ1n) is 19.0. The van der Waals surface area contributed by atoms with Gasteiger partial charge in [0.25, 0.3) is 0 Å². The van der Waals surface area contributed by atoms with Gasteiger partial charge in [-0.3, -0.25) is 24.1 Å². The van der Waals surface area contributed by atoms with Gasteiger partial charge in [-0.05, 0) is 42.5 Å². The molecule has 7 aromatic heterocycles. The molecule has 0 aliphatic rings. The first-order chi connectivity index (χ1) is 28.8. The van der Waals surface area contributed by atoms with Gasteiger partial charge >= 0.3 is 0 Å². The van der Waals surface area contributed by atoms with Crippen LogP contribution in [0.25, 0.3) is 111 Å². The van der Waals surface area contributed by atoms with E-state index in [-0.39, 0.29) is 0 Å². The minimum absolute atomic E-state index is 0.447. The van der Waals surface area contributed by atoms with Crippen molar-refractivity contribution < 1.29 is 8.83 Å². The van der Waals surface area contributed by atoms with Crippen molar-refractivity contribution in [3.63, 3.8) is 0 Å². The van der Waals surface area contributed by atoms with Crippen LogP contribution in [0.2, 0.25) is 0 Å². The SMILES string of the molecule is N#Cc1c(-c2cccnc2)c(-n2c3ccccc3c3c4ccccc4oc32)c(-c2cccnc2)c(-n2c3ccccc3c3c4ccccc4oc32)c1-c1cccnc1. The third kappa shape index (κ3) is 4.41. The highest BCUT2D eigenvalue weighted by Gasteiger charge is 2.34. The molecule has 0 unspecified atom stereocenters. The molecule has 0 N–H and O–H groups in total. The number of benzene rings is 5. The number of para-hydroxylation sites is 4. The lowest BCUT2D eigenvalue weighted by molar-refractivity contribution is 0.644. The number of rotatable bonds is 5. The highest BCUT2D eigenvalue weighted by Crippen LogP contribution is 2.53. The fourth-order valence-electron chi connectivity index (χ4n) is 8.97. The zero-order valence-corrected chi connectivity index (χ0v) is 30.7. The van der Waals surface area contributed by atoms with Gasteiger partial charge in [0.05, 0.1) is 38.7 Å². The van der Waals surface area contributed by atoms with Crippen molar-refractivity contribution in [3.8, 4) is 50.8 Å². The number of aromatic nitrogens is 5. The van der Waals surface area contributed by atoms with Crippen molar-refractivity contribution in [3.05, 3.63) is 176 Å². The van der Waals surface area contributed by atoms with Gasteiger partial charge in [-0.25, -0.2) is 0 Å². The summed E-state index contributed by atoms with van der Waals surface area (Å²) in [6, 6.07) is 47.5. The van der Waals surface area contributed by atoms with E-state index >= 15 is 0 Å². The standard InChI is InChI=1S/C50H28N6O2/c51-26-37-42(30-12-9-23-52-27-30)47(55-38-19-5-1-15-33(38)45-35-17-3-7-21-40(35)57-49(45)55)44(32-14-11-25-54-29-32)48(43(37)31-13-10-24-53-28-31)56-39-20-6-2-16-34(39)46-36-18-4-8-22-41(36)58-50(46)56/h1-25,27-29H. The lowest BCUT2D eigenvalue weighted by atomic mass is 9.85. The Hall–Kier alpha value is -8.28. The number of nitrogens with zero attached hydrogens (tertiary/aromatic N) is 6. The minimum atomic E-state index is 0.447. The lowest BCUT2D eigenvalue weighted by Gasteiger charge is -2.26. The Kier molecular flexibility index (Phi) is 6.82. The quantitative estimate of drug-likeness (QED) is 0.174. The number of hydrogen-bond donors (Lipinski definition) is 0. The van der Waals surface area contributed by atoms with Crippen LogP contribution in [0.1, 0.15) is 5.56 Å². The minimum Gasteiger partial charge on any atom is -0.439 e. The van der Waals surface area contributed by atoms with E-state index in [1.807, 2.05) is 97.5 Å². The molecule has 12 aromatic rings. The van der Waals surface area contributed by atoms with Gasteiger partial charge in [-0.1, -0.05) is 91.0 Å². The molecular formula is C50H28N6O2. The molecule has 0 amide bonds. The van der Waals surface area contributed by atoms with Crippen molar-refractivity contribution >= 4 is 65.9 Å². The molecule has 270 valence electrons. The van der Waals surface area contributed by atoms with Crippen LogP contribution in [0.5, 0.6) is 0 Å². The second-order valence-corrected chi connectivity index (χ2v) is 14.3. The molecule has 0 saturated carbocycles. The first kappa shape index (κ1) is 32.0. The highest BCUT2D eigenvalue weighted by molar-refractivity contribution is 6.23. The molecule has 0 aliphatic heterocycles. The van der Waals surface area contributed by atoms with Crippen LogP contribution in [-0.4, -0.2) is 24.1 Å². The molecular weight excluding hydrogens is 717 g/mol. The fourth-order valence-corrected chi connectivity index (χ4v) is 8.97. The summed E-state index contributed by atoms with van der Waals surface area (Å²) in [6.45, 7) is 0. The van der Waals surface area contributed by atoms with E-state index in [0.717, 1.165) is 88.1 Å². The van der Waals surface area contributed by atoms with Crippen LogP contribution in [0, 0.1) is 11.3 Å². The Bertz CT molecular complexity index is 3420. The molecule has 58 heavy (non-hydrogen) atoms. The summed E-state index contributed by atoms with van der Waals surface area (Å²) in [5.74, 6) is 0. The molecule has 0 atom stereocenters. The van der Waals surface area contributed by atoms with Crippen LogP contribution in [0.4, 0.5) is 0 Å². The van der Waals surface area contributed by atoms with Gasteiger partial charge in [0, 0.05) is 92.1 Å². The van der Waals surface area contributed by atoms with Gasteiger partial charge in [-0.2, -0.15) is 5.26 Å². The number of fused-ring (bicyclic) bond motifs is 10. The molecule has 0 saturated heterocycles. The Morgan fingerprint density at radius 2 is 0.828 bits per heavy atom. The molecule has 0 fully saturated rings. The summed E-state index contributed by atoms with van der Waals surface area (Å²) in [5, 5.41) is 17.8. The highest BCUT2D eigenvalue weighted by atomic mass is 16.3. The summed E-state index contributed by atoms with van der Waals surface area (Å²) in [4.78, 5) is 13.9. The number of hydrogen-bond acceptors (Lipinski definition) is 6. The zero-order valence-electron chi connectivity index (χ0n) is 30.7. The normalized spacial score (nSPS) is 11.8. The Morgan fingerprint density at radius 1 is 0.431 bits per heavy atom. The van der Waals surface area contributed by atoms with Gasteiger partial charge in [0.2, 0.25) is 11.4 Å². The van der Waals surface area contributed by atoms with Crippen molar-refractivity contribution in [1.82, 2.24) is 24.1 Å². The second kappa shape index (κ2) is 12.4. The first-order valence-corrected chi connectivity index (χ1v) is 19.0. The average Bonchev–Trinajstić information content (AvgIpc) is 4.03. The molecule has 0 aliphatic carbocycles. The largest absolute Gasteiger partial charge is 0.439 e. The topological polar surface area (TPSA) is 98.6 Å². The van der Waals surface area contributed by atoms with E-state index < -0.39 is 0 Å². The van der Waals surface area contributed by atoms with E-state index in [9.17, 15) is 5.26 Å². The van der Waals surface area contributed by atoms with Crippen LogP contribution in [-0.2, 0) is 0 Å². The molecule has 8 heteroatoms. The predicted molar refractivity (Wildman–Crippen MR) is 229 cm³/mol. The lowest BCUT2D eigenvalue weighted by Crippen LogP contribution is -2.10. The smallest absolute Gasteiger partial charge is 0.213 e. The molecule has 8 nitrogen and oxygen atoms in total. The number of furan rings is 2. The number of nitriles is 1. The Balaban J connectivity index is 1.42. The van der Waals surface area contributed by atoms with Crippen molar-refractivity contribution in [2.45, 2.75) is 0 Å². The predicted octanol–water partition coefficient (Wildman–Crippen LogP) is 12.4. The van der Waals surface area contributed by atoms with E-state index in [2.05, 4.69) is 79.8 Å². The van der Waals surface area contributed by atoms with E-state index in [0.29, 0.717) is 28.1 Å². The van der Waals surface area contributed by atoms with Crippen LogP contribution in [0.15, 0.2) is 179 Å². The van der Waals surface area contributed by atoms with Crippen LogP contribution in [0.3, 0.4) is 0 Å². The summed E-state index contributed by atoms with van der Waals surface area (Å²) >= 11 is 0. The molecule has 5 aromatic carbocycles. The maximum atomic E-state index is 11.7. The van der Waals surface area contributed by atoms with Crippen molar-refractivity contribution in [2.24, 2.45) is 0 Å². The maximum absolute atomic E-state index is 11.7. The van der Waals surface area contributed by atoms with E-state index in [4.69, 9.17) is 13.8 Å². The molecule has 0 spiro atoms. The second-order valence-electron chi connectivity index (χ2n) is 14.3. The summed E-state index contributed by atoms with van der Waals surface area (Å²) in [5.41, 5.74) is 11.2. The van der Waals surface area contributed by atoms with Crippen LogP contribution >= 0.6 is 0 Å². The summed E-state index contributed by atoms with van der Waals surface area (Å²) < 4.78 is 18.2. The van der Waals surface area contributed by atoms with E-state index in [1.54, 1.807) is 18.6 Å². The van der Waals surface area contributed by atoms with Gasteiger partial charge in [-0.15, -0.1) is 0 Å². The molecule has 0 bridgehead atoms. The van der Waals surface area contributed by atoms with Crippen molar-refractivity contribution in [1.29, 1.82) is 5.26 Å². The Labute approximate surface area is 330 Å². The molecule has 0 radical (unpaired) electrons. The molecule has 12 rings (SSSR count). The van der Waals surface area contributed by atoms with Gasteiger partial charge in [0.1, 0.15) is 17.2 Å². The summed E-state index contributed by atoms with van der Waals surface area (Å²) in [6.07, 6.45) is 10.8. The van der Waals surface area contributed by atoms with Gasteiger partial charge < -0.3 is 8.83 Å². The third-order valence-corrected chi connectivity index (χ3v) is 11.2. The summed E-state index contributed by atoms with van der Waals surface area (Å²) in [7, 11) is 0. The Morgan fingerprint density at radius 3 is 1.24 bits per heavy atom. The zero-order chi connectivity index (χ0) is 38.3. The fraction of sp³-hybridized carbons (Fsp3) is 0. The van der Waals surface area contributed by atoms with E-state index in [1.165, 1.54) is 0 Å². The molecule has 7 heterocycles.